The van der Waals surface area contributed by atoms with E-state index in [0.717, 1.165) is 33.2 Å². The molecular formula is C34H45Cl3N2. The van der Waals surface area contributed by atoms with Crippen molar-refractivity contribution in [2.75, 3.05) is 5.32 Å². The Morgan fingerprint density at radius 1 is 0.897 bits per heavy atom. The van der Waals surface area contributed by atoms with Gasteiger partial charge in [-0.15, -0.1) is 23.2 Å². The second-order valence-electron chi connectivity index (χ2n) is 10.00. The van der Waals surface area contributed by atoms with Crippen molar-refractivity contribution in [2.45, 2.75) is 73.6 Å². The Kier molecular flexibility index (Phi) is 13.8. The predicted molar refractivity (Wildman–Crippen MR) is 176 cm³/mol. The maximum Gasteiger partial charge on any atom is 0.130 e. The lowest BCUT2D eigenvalue weighted by atomic mass is 10.0. The fraction of sp³-hybridized carbons (Fsp3) is 0.382. The number of benzene rings is 2. The van der Waals surface area contributed by atoms with Gasteiger partial charge in [0.15, 0.2) is 0 Å². The lowest BCUT2D eigenvalue weighted by Crippen LogP contribution is -2.04. The average Bonchev–Trinajstić information content (AvgIpc) is 3.39. The van der Waals surface area contributed by atoms with E-state index in [1.54, 1.807) is 0 Å². The number of halogens is 3. The molecule has 1 aliphatic rings. The van der Waals surface area contributed by atoms with Gasteiger partial charge in [-0.3, -0.25) is 4.98 Å². The Hall–Kier alpha value is -2.26. The Balaban J connectivity index is 0.000000317. The Labute approximate surface area is 252 Å². The molecule has 3 aromatic rings. The van der Waals surface area contributed by atoms with Crippen LogP contribution in [0.2, 0.25) is 5.02 Å². The first-order valence-electron chi connectivity index (χ1n) is 13.4. The summed E-state index contributed by atoms with van der Waals surface area (Å²) in [6.45, 7) is 28.4. The zero-order valence-corrected chi connectivity index (χ0v) is 27.5. The Morgan fingerprint density at radius 2 is 1.49 bits per heavy atom. The molecule has 1 saturated carbocycles. The maximum atomic E-state index is 6.18. The van der Waals surface area contributed by atoms with Gasteiger partial charge in [-0.25, -0.2) is 0 Å². The summed E-state index contributed by atoms with van der Waals surface area (Å²) in [4.78, 5) is 4.18. The molecule has 2 unspecified atom stereocenters. The second kappa shape index (κ2) is 15.5. The molecule has 39 heavy (non-hydrogen) atoms. The van der Waals surface area contributed by atoms with E-state index in [4.69, 9.17) is 34.8 Å². The minimum absolute atomic E-state index is 0.102. The van der Waals surface area contributed by atoms with Gasteiger partial charge in [-0.05, 0) is 100 Å². The molecule has 1 N–H and O–H groups in total. The fourth-order valence-corrected chi connectivity index (χ4v) is 4.92. The van der Waals surface area contributed by atoms with Gasteiger partial charge < -0.3 is 5.32 Å². The number of nitrogens with zero attached hydrogens (tertiary/aromatic N) is 1. The third kappa shape index (κ3) is 10.0. The summed E-state index contributed by atoms with van der Waals surface area (Å²) in [6.07, 6.45) is 1.89. The first-order chi connectivity index (χ1) is 18.2. The van der Waals surface area contributed by atoms with Crippen LogP contribution in [0.4, 0.5) is 5.69 Å². The number of allylic oxidation sites excluding steroid dienone is 2. The topological polar surface area (TPSA) is 24.9 Å². The van der Waals surface area contributed by atoms with Crippen LogP contribution >= 0.6 is 34.8 Å². The van der Waals surface area contributed by atoms with Gasteiger partial charge in [0.1, 0.15) is 4.33 Å². The molecule has 212 valence electrons. The molecule has 4 rings (SSSR count). The van der Waals surface area contributed by atoms with Crippen LogP contribution < -0.4 is 5.32 Å². The summed E-state index contributed by atoms with van der Waals surface area (Å²) >= 11 is 18.2. The number of nitrogens with one attached hydrogen (secondary N) is 1. The molecule has 0 amide bonds. The van der Waals surface area contributed by atoms with E-state index >= 15 is 0 Å². The standard InChI is InChI=1S/C16H19Cl2N.C8H9Cl.C8H11N.C2H6/c1-9(2)14-8-13(7-6-10(14)3)19-12(5)15-11(4)16(15,17)18;1-6-4-3-5-8(9)7(6)2;1-6-4-7(2)8(3)9-5-6;1-2/h6-8,11,15,19H,1,5H2,2-4H3;3-5H,1-2H3;4-5H,1-3H3;1-2H3. The zero-order chi connectivity index (χ0) is 30.1. The van der Waals surface area contributed by atoms with Crippen LogP contribution in [0.25, 0.3) is 5.57 Å². The molecule has 5 heteroatoms. The van der Waals surface area contributed by atoms with Crippen molar-refractivity contribution in [3.8, 4) is 0 Å². The molecule has 2 aromatic carbocycles. The van der Waals surface area contributed by atoms with E-state index in [1.165, 1.54) is 27.8 Å². The molecule has 1 heterocycles. The molecular weight excluding hydrogens is 543 g/mol. The zero-order valence-electron chi connectivity index (χ0n) is 25.3. The highest BCUT2D eigenvalue weighted by Crippen LogP contribution is 2.61. The van der Waals surface area contributed by atoms with Crippen LogP contribution in [0.15, 0.2) is 67.5 Å². The number of aryl methyl sites for hydroxylation is 5. The van der Waals surface area contributed by atoms with Gasteiger partial charge in [-0.1, -0.05) is 75.4 Å². The van der Waals surface area contributed by atoms with Crippen molar-refractivity contribution in [2.24, 2.45) is 11.8 Å². The largest absolute Gasteiger partial charge is 0.359 e. The number of hydrogen-bond donors (Lipinski definition) is 1. The van der Waals surface area contributed by atoms with Crippen molar-refractivity contribution in [1.29, 1.82) is 0 Å². The predicted octanol–water partition coefficient (Wildman–Crippen LogP) is 11.4. The Bertz CT molecular complexity index is 1260. The number of hydrogen-bond acceptors (Lipinski definition) is 2. The Morgan fingerprint density at radius 3 is 1.92 bits per heavy atom. The average molecular weight is 588 g/mol. The lowest BCUT2D eigenvalue weighted by Gasteiger charge is -2.13. The van der Waals surface area contributed by atoms with Crippen molar-refractivity contribution in [3.05, 3.63) is 112 Å². The molecule has 0 radical (unpaired) electrons. The molecule has 1 aliphatic carbocycles. The van der Waals surface area contributed by atoms with Crippen molar-refractivity contribution < 1.29 is 0 Å². The summed E-state index contributed by atoms with van der Waals surface area (Å²) in [5.41, 5.74) is 11.4. The van der Waals surface area contributed by atoms with Crippen LogP contribution in [0, 0.1) is 53.4 Å². The van der Waals surface area contributed by atoms with Crippen LogP contribution in [-0.4, -0.2) is 9.32 Å². The number of anilines is 1. The molecule has 0 saturated heterocycles. The van der Waals surface area contributed by atoms with Crippen LogP contribution in [0.3, 0.4) is 0 Å². The van der Waals surface area contributed by atoms with E-state index in [1.807, 2.05) is 65.9 Å². The number of rotatable bonds is 4. The molecule has 0 spiro atoms. The van der Waals surface area contributed by atoms with Crippen LogP contribution in [0.1, 0.15) is 66.8 Å². The SMILES string of the molecule is C=C(C)c1cc(NC(=C)C2C(C)C2(Cl)Cl)ccc1C.CC.Cc1cccc(Cl)c1C.Cc1cnc(C)c(C)c1. The van der Waals surface area contributed by atoms with E-state index in [9.17, 15) is 0 Å². The minimum atomic E-state index is -0.675. The van der Waals surface area contributed by atoms with E-state index in [0.29, 0.717) is 0 Å². The summed E-state index contributed by atoms with van der Waals surface area (Å²) < 4.78 is -0.675. The molecule has 0 bridgehead atoms. The molecule has 2 nitrogen and oxygen atoms in total. The highest BCUT2D eigenvalue weighted by atomic mass is 35.5. The van der Waals surface area contributed by atoms with Crippen molar-refractivity contribution >= 4 is 46.1 Å². The maximum absolute atomic E-state index is 6.18. The van der Waals surface area contributed by atoms with Gasteiger partial charge in [0.2, 0.25) is 0 Å². The quantitative estimate of drug-likeness (QED) is 0.307. The minimum Gasteiger partial charge on any atom is -0.359 e. The van der Waals surface area contributed by atoms with E-state index in [-0.39, 0.29) is 11.8 Å². The van der Waals surface area contributed by atoms with Gasteiger partial charge in [-0.2, -0.15) is 0 Å². The molecule has 0 aliphatic heterocycles. The number of alkyl halides is 2. The van der Waals surface area contributed by atoms with E-state index < -0.39 is 4.33 Å². The first-order valence-corrected chi connectivity index (χ1v) is 14.5. The van der Waals surface area contributed by atoms with Gasteiger partial charge in [0, 0.05) is 40.1 Å². The summed E-state index contributed by atoms with van der Waals surface area (Å²) in [6, 6.07) is 14.3. The summed E-state index contributed by atoms with van der Waals surface area (Å²) in [7, 11) is 0. The normalized spacial score (nSPS) is 16.2. The monoisotopic (exact) mass is 586 g/mol. The molecule has 2 atom stereocenters. The fourth-order valence-electron chi connectivity index (χ4n) is 3.94. The third-order valence-electron chi connectivity index (χ3n) is 6.81. The summed E-state index contributed by atoms with van der Waals surface area (Å²) in [5, 5.41) is 4.16. The van der Waals surface area contributed by atoms with Crippen molar-refractivity contribution in [3.63, 3.8) is 0 Å². The van der Waals surface area contributed by atoms with Crippen LogP contribution in [-0.2, 0) is 0 Å². The number of pyridine rings is 1. The van der Waals surface area contributed by atoms with E-state index in [2.05, 4.69) is 75.4 Å². The van der Waals surface area contributed by atoms with Crippen molar-refractivity contribution in [1.82, 2.24) is 4.98 Å². The first kappa shape index (κ1) is 34.8. The van der Waals surface area contributed by atoms with Crippen LogP contribution in [0.5, 0.6) is 0 Å². The second-order valence-corrected chi connectivity index (χ2v) is 11.8. The van der Waals surface area contributed by atoms with Gasteiger partial charge >= 0.3 is 0 Å². The van der Waals surface area contributed by atoms with Gasteiger partial charge in [0.25, 0.3) is 0 Å². The molecule has 1 aromatic heterocycles. The third-order valence-corrected chi connectivity index (χ3v) is 8.37. The smallest absolute Gasteiger partial charge is 0.130 e. The molecule has 1 fully saturated rings. The van der Waals surface area contributed by atoms with Gasteiger partial charge in [0.05, 0.1) is 0 Å². The number of aromatic nitrogens is 1. The highest BCUT2D eigenvalue weighted by molar-refractivity contribution is 6.51. The highest BCUT2D eigenvalue weighted by Gasteiger charge is 2.61. The summed E-state index contributed by atoms with van der Waals surface area (Å²) in [5.74, 6) is 0.340. The lowest BCUT2D eigenvalue weighted by molar-refractivity contribution is 0.862.